The van der Waals surface area contributed by atoms with E-state index >= 15 is 0 Å². The lowest BCUT2D eigenvalue weighted by atomic mass is 9.80. The van der Waals surface area contributed by atoms with E-state index in [0.29, 0.717) is 5.82 Å². The molecule has 2 rings (SSSR count). The number of nitro groups is 1. The van der Waals surface area contributed by atoms with Crippen molar-refractivity contribution in [1.82, 2.24) is 4.98 Å². The second kappa shape index (κ2) is 6.04. The molecule has 1 saturated carbocycles. The molecule has 0 unspecified atom stereocenters. The van der Waals surface area contributed by atoms with Crippen LogP contribution in [-0.2, 0) is 0 Å². The fourth-order valence-corrected chi connectivity index (χ4v) is 2.09. The topological polar surface area (TPSA) is 100 Å². The molecule has 0 atom stereocenters. The highest BCUT2D eigenvalue weighted by molar-refractivity contribution is 5.60. The SMILES string of the molecule is CCCNc1ccc([N+](=O)[O-])c(NCC2(O)CCC2)n1. The molecule has 1 aliphatic rings. The first kappa shape index (κ1) is 14.5. The largest absolute Gasteiger partial charge is 0.388 e. The van der Waals surface area contributed by atoms with Gasteiger partial charge in [0.25, 0.3) is 0 Å². The number of hydrogen-bond acceptors (Lipinski definition) is 6. The molecule has 1 heterocycles. The predicted octanol–water partition coefficient (Wildman–Crippen LogP) is 2.14. The Balaban J connectivity index is 2.11. The summed E-state index contributed by atoms with van der Waals surface area (Å²) in [6.07, 6.45) is 3.39. The van der Waals surface area contributed by atoms with Crippen LogP contribution in [0.1, 0.15) is 32.6 Å². The smallest absolute Gasteiger partial charge is 0.311 e. The minimum Gasteiger partial charge on any atom is -0.388 e. The van der Waals surface area contributed by atoms with Crippen molar-refractivity contribution < 1.29 is 10.0 Å². The van der Waals surface area contributed by atoms with Gasteiger partial charge in [-0.2, -0.15) is 0 Å². The van der Waals surface area contributed by atoms with Crippen LogP contribution in [0.25, 0.3) is 0 Å². The molecule has 0 amide bonds. The number of rotatable bonds is 7. The summed E-state index contributed by atoms with van der Waals surface area (Å²) in [5.41, 5.74) is -0.822. The van der Waals surface area contributed by atoms with Gasteiger partial charge in [0.15, 0.2) is 0 Å². The Labute approximate surface area is 117 Å². The van der Waals surface area contributed by atoms with E-state index in [1.54, 1.807) is 6.07 Å². The Morgan fingerprint density at radius 2 is 2.20 bits per heavy atom. The first-order valence-electron chi connectivity index (χ1n) is 6.90. The number of anilines is 2. The summed E-state index contributed by atoms with van der Waals surface area (Å²) in [6.45, 7) is 3.08. The Morgan fingerprint density at radius 1 is 1.45 bits per heavy atom. The standard InChI is InChI=1S/C13H20N4O3/c1-2-8-14-11-5-4-10(17(19)20)12(16-11)15-9-13(18)6-3-7-13/h4-5,18H,2-3,6-9H2,1H3,(H2,14,15,16). The number of pyridine rings is 1. The third-order valence-electron chi connectivity index (χ3n) is 3.50. The fraction of sp³-hybridized carbons (Fsp3) is 0.615. The van der Waals surface area contributed by atoms with Gasteiger partial charge in [0, 0.05) is 19.2 Å². The highest BCUT2D eigenvalue weighted by atomic mass is 16.6. The lowest BCUT2D eigenvalue weighted by Gasteiger charge is -2.36. The van der Waals surface area contributed by atoms with Gasteiger partial charge in [0.05, 0.1) is 10.5 Å². The zero-order valence-corrected chi connectivity index (χ0v) is 11.6. The number of nitrogens with one attached hydrogen (secondary N) is 2. The first-order chi connectivity index (χ1) is 9.54. The molecule has 1 aromatic rings. The van der Waals surface area contributed by atoms with E-state index in [2.05, 4.69) is 15.6 Å². The molecule has 1 aromatic heterocycles. The Hall–Kier alpha value is -1.89. The summed E-state index contributed by atoms with van der Waals surface area (Å²) in [5, 5.41) is 27.0. The lowest BCUT2D eigenvalue weighted by molar-refractivity contribution is -0.384. The molecule has 0 spiro atoms. The summed E-state index contributed by atoms with van der Waals surface area (Å²) < 4.78 is 0. The zero-order valence-electron chi connectivity index (χ0n) is 11.6. The van der Waals surface area contributed by atoms with Gasteiger partial charge in [-0.25, -0.2) is 4.98 Å². The van der Waals surface area contributed by atoms with Gasteiger partial charge in [-0.3, -0.25) is 10.1 Å². The minimum atomic E-state index is -0.748. The highest BCUT2D eigenvalue weighted by Crippen LogP contribution is 2.32. The molecule has 0 aromatic carbocycles. The van der Waals surface area contributed by atoms with Gasteiger partial charge in [-0.05, 0) is 31.7 Å². The molecule has 1 aliphatic carbocycles. The summed E-state index contributed by atoms with van der Waals surface area (Å²) in [4.78, 5) is 14.7. The van der Waals surface area contributed by atoms with Crippen LogP contribution in [0.15, 0.2) is 12.1 Å². The molecular weight excluding hydrogens is 260 g/mol. The van der Waals surface area contributed by atoms with E-state index < -0.39 is 10.5 Å². The number of hydrogen-bond donors (Lipinski definition) is 3. The van der Waals surface area contributed by atoms with Crippen molar-refractivity contribution in [2.24, 2.45) is 0 Å². The number of aliphatic hydroxyl groups is 1. The zero-order chi connectivity index (χ0) is 14.6. The maximum absolute atomic E-state index is 11.0. The number of aromatic nitrogens is 1. The van der Waals surface area contributed by atoms with Crippen molar-refractivity contribution in [2.45, 2.75) is 38.2 Å². The summed E-state index contributed by atoms with van der Waals surface area (Å²) >= 11 is 0. The molecule has 0 aliphatic heterocycles. The van der Waals surface area contributed by atoms with E-state index in [4.69, 9.17) is 0 Å². The van der Waals surface area contributed by atoms with Crippen LogP contribution >= 0.6 is 0 Å². The van der Waals surface area contributed by atoms with Crippen LogP contribution in [-0.4, -0.2) is 33.7 Å². The van der Waals surface area contributed by atoms with Gasteiger partial charge in [-0.1, -0.05) is 6.92 Å². The van der Waals surface area contributed by atoms with E-state index in [9.17, 15) is 15.2 Å². The summed E-state index contributed by atoms with van der Waals surface area (Å²) in [5.74, 6) is 0.803. The maximum Gasteiger partial charge on any atom is 0.311 e. The minimum absolute atomic E-state index is 0.0741. The second-order valence-electron chi connectivity index (χ2n) is 5.18. The average molecular weight is 280 g/mol. The van der Waals surface area contributed by atoms with Gasteiger partial charge >= 0.3 is 5.69 Å². The molecule has 0 radical (unpaired) electrons. The van der Waals surface area contributed by atoms with Crippen LogP contribution < -0.4 is 10.6 Å². The molecule has 3 N–H and O–H groups in total. The average Bonchev–Trinajstić information content (AvgIpc) is 2.40. The Morgan fingerprint density at radius 3 is 2.75 bits per heavy atom. The van der Waals surface area contributed by atoms with Gasteiger partial charge in [0.1, 0.15) is 5.82 Å². The number of nitrogens with zero attached hydrogens (tertiary/aromatic N) is 2. The van der Waals surface area contributed by atoms with Gasteiger partial charge in [0.2, 0.25) is 5.82 Å². The molecular formula is C13H20N4O3. The molecule has 20 heavy (non-hydrogen) atoms. The van der Waals surface area contributed by atoms with Crippen LogP contribution in [0, 0.1) is 10.1 Å². The Kier molecular flexibility index (Phi) is 4.39. The molecule has 0 saturated heterocycles. The van der Waals surface area contributed by atoms with Crippen molar-refractivity contribution in [3.05, 3.63) is 22.2 Å². The molecule has 0 bridgehead atoms. The van der Waals surface area contributed by atoms with Crippen LogP contribution in [0.4, 0.5) is 17.3 Å². The molecule has 7 nitrogen and oxygen atoms in total. The lowest BCUT2D eigenvalue weighted by Crippen LogP contribution is -2.43. The van der Waals surface area contributed by atoms with E-state index in [1.165, 1.54) is 6.07 Å². The van der Waals surface area contributed by atoms with Crippen LogP contribution in [0.2, 0.25) is 0 Å². The summed E-state index contributed by atoms with van der Waals surface area (Å²) in [6, 6.07) is 3.02. The maximum atomic E-state index is 11.0. The van der Waals surface area contributed by atoms with Crippen molar-refractivity contribution in [3.8, 4) is 0 Å². The van der Waals surface area contributed by atoms with E-state index in [-0.39, 0.29) is 18.1 Å². The van der Waals surface area contributed by atoms with Gasteiger partial charge in [-0.15, -0.1) is 0 Å². The molecule has 7 heteroatoms. The highest BCUT2D eigenvalue weighted by Gasteiger charge is 2.34. The first-order valence-corrected chi connectivity index (χ1v) is 6.90. The van der Waals surface area contributed by atoms with E-state index in [0.717, 1.165) is 32.2 Å². The summed E-state index contributed by atoms with van der Waals surface area (Å²) in [7, 11) is 0. The van der Waals surface area contributed by atoms with Crippen molar-refractivity contribution in [2.75, 3.05) is 23.7 Å². The van der Waals surface area contributed by atoms with Crippen molar-refractivity contribution in [1.29, 1.82) is 0 Å². The molecule has 110 valence electrons. The van der Waals surface area contributed by atoms with Gasteiger partial charge < -0.3 is 15.7 Å². The normalized spacial score (nSPS) is 16.3. The molecule has 1 fully saturated rings. The predicted molar refractivity (Wildman–Crippen MR) is 77.0 cm³/mol. The second-order valence-corrected chi connectivity index (χ2v) is 5.18. The third kappa shape index (κ3) is 3.36. The quantitative estimate of drug-likeness (QED) is 0.522. The van der Waals surface area contributed by atoms with Crippen LogP contribution in [0.5, 0.6) is 0 Å². The van der Waals surface area contributed by atoms with E-state index in [1.807, 2.05) is 6.92 Å². The fourth-order valence-electron chi connectivity index (χ4n) is 2.09. The van der Waals surface area contributed by atoms with Crippen LogP contribution in [0.3, 0.4) is 0 Å². The Bertz CT molecular complexity index is 489. The third-order valence-corrected chi connectivity index (χ3v) is 3.50. The van der Waals surface area contributed by atoms with Crippen molar-refractivity contribution in [3.63, 3.8) is 0 Å². The van der Waals surface area contributed by atoms with Crippen molar-refractivity contribution >= 4 is 17.3 Å². The monoisotopic (exact) mass is 280 g/mol.